The number of nitrogens with one attached hydrogen (secondary N) is 1. The predicted molar refractivity (Wildman–Crippen MR) is 122 cm³/mol. The Labute approximate surface area is 192 Å². The second kappa shape index (κ2) is 8.49. The van der Waals surface area contributed by atoms with Gasteiger partial charge in [0.1, 0.15) is 17.3 Å². The van der Waals surface area contributed by atoms with Crippen LogP contribution in [-0.2, 0) is 12.8 Å². The summed E-state index contributed by atoms with van der Waals surface area (Å²) >= 11 is 1.21. The average Bonchev–Trinajstić information content (AvgIpc) is 3.41. The molecule has 0 bridgehead atoms. The summed E-state index contributed by atoms with van der Waals surface area (Å²) in [6, 6.07) is 9.48. The molecule has 2 N–H and O–H groups in total. The number of carbonyl (C=O) groups is 1. The van der Waals surface area contributed by atoms with E-state index >= 15 is 0 Å². The Hall–Kier alpha value is -3.43. The van der Waals surface area contributed by atoms with Crippen LogP contribution in [0, 0.1) is 11.6 Å². The molecule has 0 saturated carbocycles. The number of fused-ring (bicyclic) bond motifs is 3. The van der Waals surface area contributed by atoms with E-state index in [1.807, 2.05) is 16.7 Å². The molecule has 1 aliphatic carbocycles. The molecule has 1 amide bonds. The molecule has 1 atom stereocenters. The molecule has 9 heteroatoms. The van der Waals surface area contributed by atoms with E-state index in [4.69, 9.17) is 0 Å². The fraction of sp³-hybridized carbons (Fsp3) is 0.208. The van der Waals surface area contributed by atoms with E-state index in [2.05, 4.69) is 21.4 Å². The van der Waals surface area contributed by atoms with Crippen LogP contribution in [0.1, 0.15) is 46.2 Å². The summed E-state index contributed by atoms with van der Waals surface area (Å²) in [6.07, 6.45) is 5.22. The van der Waals surface area contributed by atoms with Crippen molar-refractivity contribution >= 4 is 22.9 Å². The second-order valence-electron chi connectivity index (χ2n) is 7.92. The van der Waals surface area contributed by atoms with Crippen LogP contribution in [0.25, 0.3) is 16.1 Å². The van der Waals surface area contributed by atoms with Crippen molar-refractivity contribution in [3.63, 3.8) is 0 Å². The highest BCUT2D eigenvalue weighted by molar-refractivity contribution is 7.17. The lowest BCUT2D eigenvalue weighted by Crippen LogP contribution is -2.14. The molecule has 2 aromatic heterocycles. The minimum atomic E-state index is -0.839. The van der Waals surface area contributed by atoms with Crippen LogP contribution in [0.4, 0.5) is 14.5 Å². The monoisotopic (exact) mass is 466 g/mol. The Morgan fingerprint density at radius 3 is 2.73 bits per heavy atom. The minimum Gasteiger partial charge on any atom is -0.387 e. The van der Waals surface area contributed by atoms with Gasteiger partial charge in [-0.05, 0) is 61.6 Å². The molecule has 1 unspecified atom stereocenters. The average molecular weight is 467 g/mol. The van der Waals surface area contributed by atoms with Crippen molar-refractivity contribution in [1.29, 1.82) is 0 Å². The summed E-state index contributed by atoms with van der Waals surface area (Å²) in [6.45, 7) is 1.66. The van der Waals surface area contributed by atoms with Crippen LogP contribution in [0.2, 0.25) is 0 Å². The molecule has 1 aliphatic rings. The number of carbonyl (C=O) groups excluding carboxylic acids is 1. The van der Waals surface area contributed by atoms with Gasteiger partial charge in [0.15, 0.2) is 5.01 Å². The summed E-state index contributed by atoms with van der Waals surface area (Å²) in [4.78, 5) is 22.4. The number of anilines is 1. The molecule has 33 heavy (non-hydrogen) atoms. The summed E-state index contributed by atoms with van der Waals surface area (Å²) < 4.78 is 29.8. The van der Waals surface area contributed by atoms with Crippen molar-refractivity contribution in [2.45, 2.75) is 32.3 Å². The first-order chi connectivity index (χ1) is 15.9. The quantitative estimate of drug-likeness (QED) is 0.440. The zero-order chi connectivity index (χ0) is 23.1. The fourth-order valence-electron chi connectivity index (χ4n) is 3.91. The van der Waals surface area contributed by atoms with Crippen molar-refractivity contribution in [2.24, 2.45) is 0 Å². The van der Waals surface area contributed by atoms with Gasteiger partial charge in [0.05, 0.1) is 28.7 Å². The maximum absolute atomic E-state index is 14.0. The molecular weight excluding hydrogens is 446 g/mol. The highest BCUT2D eigenvalue weighted by Crippen LogP contribution is 2.38. The second-order valence-corrected chi connectivity index (χ2v) is 8.92. The maximum atomic E-state index is 14.0. The number of halogens is 2. The van der Waals surface area contributed by atoms with Gasteiger partial charge in [-0.2, -0.15) is 0 Å². The van der Waals surface area contributed by atoms with Gasteiger partial charge in [0.25, 0.3) is 5.91 Å². The number of imidazole rings is 1. The molecule has 2 heterocycles. The number of rotatable bonds is 4. The number of para-hydroxylation sites is 1. The summed E-state index contributed by atoms with van der Waals surface area (Å²) in [5, 5.41) is 12.2. The van der Waals surface area contributed by atoms with Gasteiger partial charge < -0.3 is 15.0 Å². The van der Waals surface area contributed by atoms with E-state index < -0.39 is 29.3 Å². The largest absolute Gasteiger partial charge is 0.387 e. The molecule has 4 aromatic rings. The Kier molecular flexibility index (Phi) is 5.51. The summed E-state index contributed by atoms with van der Waals surface area (Å²) in [5.41, 5.74) is 3.87. The number of benzene rings is 2. The molecule has 5 rings (SSSR count). The molecule has 6 nitrogen and oxygen atoms in total. The van der Waals surface area contributed by atoms with Crippen molar-refractivity contribution < 1.29 is 18.7 Å². The molecule has 0 fully saturated rings. The van der Waals surface area contributed by atoms with Crippen LogP contribution >= 0.6 is 11.3 Å². The van der Waals surface area contributed by atoms with Crippen molar-refractivity contribution in [3.8, 4) is 16.1 Å². The number of aromatic nitrogens is 3. The Morgan fingerprint density at radius 1 is 1.21 bits per heavy atom. The lowest BCUT2D eigenvalue weighted by atomic mass is 10.0. The Bertz CT molecular complexity index is 1340. The van der Waals surface area contributed by atoms with E-state index in [-0.39, 0.29) is 5.01 Å². The first kappa shape index (κ1) is 21.4. The topological polar surface area (TPSA) is 80.0 Å². The predicted octanol–water partition coefficient (Wildman–Crippen LogP) is 5.07. The number of nitrogens with zero attached hydrogens (tertiary/aromatic N) is 3. The fourth-order valence-corrected chi connectivity index (χ4v) is 4.97. The first-order valence-corrected chi connectivity index (χ1v) is 11.3. The molecule has 0 saturated heterocycles. The number of thiazole rings is 1. The van der Waals surface area contributed by atoms with E-state index in [9.17, 15) is 18.7 Å². The third-order valence-corrected chi connectivity index (χ3v) is 6.75. The van der Waals surface area contributed by atoms with Crippen LogP contribution in [-0.4, -0.2) is 25.5 Å². The number of hydrogen-bond donors (Lipinski definition) is 2. The van der Waals surface area contributed by atoms with Gasteiger partial charge in [-0.3, -0.25) is 4.79 Å². The lowest BCUT2D eigenvalue weighted by Gasteiger charge is -2.09. The lowest BCUT2D eigenvalue weighted by molar-refractivity contribution is 0.102. The van der Waals surface area contributed by atoms with Crippen molar-refractivity contribution in [1.82, 2.24) is 14.5 Å². The smallest absolute Gasteiger partial charge is 0.284 e. The van der Waals surface area contributed by atoms with E-state index in [1.165, 1.54) is 17.4 Å². The number of hydrogen-bond acceptors (Lipinski definition) is 5. The Morgan fingerprint density at radius 2 is 2.00 bits per heavy atom. The highest BCUT2D eigenvalue weighted by Gasteiger charge is 2.24. The molecule has 0 spiro atoms. The standard InChI is InChI=1S/C24H20F2N4O2S/c1-13(31)20-11-30(12-27-20)15-9-8-14-4-2-7-19-22(16(14)10-15)33-24(28-19)23(32)29-21-17(25)5-3-6-18(21)26/h3,5-6,8-13,31H,2,4,7H2,1H3,(H,29,32). The summed E-state index contributed by atoms with van der Waals surface area (Å²) in [5.74, 6) is -2.33. The maximum Gasteiger partial charge on any atom is 0.284 e. The summed E-state index contributed by atoms with van der Waals surface area (Å²) in [7, 11) is 0. The van der Waals surface area contributed by atoms with Crippen LogP contribution in [0.15, 0.2) is 48.9 Å². The molecule has 0 aliphatic heterocycles. The normalized spacial score (nSPS) is 13.7. The van der Waals surface area contributed by atoms with Crippen LogP contribution in [0.5, 0.6) is 0 Å². The zero-order valence-electron chi connectivity index (χ0n) is 17.7. The molecule has 168 valence electrons. The van der Waals surface area contributed by atoms with Gasteiger partial charge in [-0.15, -0.1) is 11.3 Å². The molecule has 2 aromatic carbocycles. The molecule has 0 radical (unpaired) electrons. The third-order valence-electron chi connectivity index (χ3n) is 5.62. The zero-order valence-corrected chi connectivity index (χ0v) is 18.5. The number of amides is 1. The van der Waals surface area contributed by atoms with Gasteiger partial charge >= 0.3 is 0 Å². The van der Waals surface area contributed by atoms with Crippen molar-refractivity contribution in [2.75, 3.05) is 5.32 Å². The van der Waals surface area contributed by atoms with Gasteiger partial charge in [-0.25, -0.2) is 18.7 Å². The Balaban J connectivity index is 1.51. The van der Waals surface area contributed by atoms with E-state index in [1.54, 1.807) is 19.4 Å². The number of aliphatic hydroxyl groups is 1. The third kappa shape index (κ3) is 4.05. The SMILES string of the molecule is CC(O)c1cn(-c2ccc3c(c2)-c2sc(C(=O)Nc4c(F)cccc4F)nc2CCC3)cn1. The van der Waals surface area contributed by atoms with Crippen LogP contribution in [0.3, 0.4) is 0 Å². The molecular formula is C24H20F2N4O2S. The first-order valence-electron chi connectivity index (χ1n) is 10.5. The van der Waals surface area contributed by atoms with Gasteiger partial charge in [0, 0.05) is 11.9 Å². The van der Waals surface area contributed by atoms with E-state index in [0.717, 1.165) is 52.4 Å². The highest BCUT2D eigenvalue weighted by atomic mass is 32.1. The van der Waals surface area contributed by atoms with Gasteiger partial charge in [0.2, 0.25) is 0 Å². The van der Waals surface area contributed by atoms with Gasteiger partial charge in [-0.1, -0.05) is 12.1 Å². The van der Waals surface area contributed by atoms with Crippen molar-refractivity contribution in [3.05, 3.63) is 82.5 Å². The minimum absolute atomic E-state index is 0.153. The van der Waals surface area contributed by atoms with E-state index in [0.29, 0.717) is 12.1 Å². The number of aryl methyl sites for hydroxylation is 2. The van der Waals surface area contributed by atoms with Crippen LogP contribution < -0.4 is 5.32 Å². The number of aliphatic hydroxyl groups excluding tert-OH is 1.